The van der Waals surface area contributed by atoms with Crippen LogP contribution < -0.4 is 9.62 Å². The molecule has 0 saturated carbocycles. The second kappa shape index (κ2) is 13.5. The van der Waals surface area contributed by atoms with Crippen molar-refractivity contribution in [3.05, 3.63) is 99.0 Å². The van der Waals surface area contributed by atoms with E-state index in [1.54, 1.807) is 31.2 Å². The first kappa shape index (κ1) is 31.5. The number of sulfonamides is 1. The second-order valence-corrected chi connectivity index (χ2v) is 12.9. The van der Waals surface area contributed by atoms with Crippen LogP contribution in [0.2, 0.25) is 10.0 Å². The van der Waals surface area contributed by atoms with Crippen LogP contribution in [0.25, 0.3) is 0 Å². The monoisotopic (exact) mass is 603 g/mol. The summed E-state index contributed by atoms with van der Waals surface area (Å²) in [7, 11) is -3.87. The molecule has 0 aliphatic heterocycles. The third-order valence-electron chi connectivity index (χ3n) is 6.40. The Morgan fingerprint density at radius 1 is 0.925 bits per heavy atom. The van der Waals surface area contributed by atoms with Crippen LogP contribution in [0.5, 0.6) is 0 Å². The molecule has 3 rings (SSSR count). The quantitative estimate of drug-likeness (QED) is 0.312. The van der Waals surface area contributed by atoms with E-state index in [0.717, 1.165) is 21.7 Å². The maximum absolute atomic E-state index is 14.2. The maximum Gasteiger partial charge on any atom is 0.244 e. The van der Waals surface area contributed by atoms with Gasteiger partial charge in [0.05, 0.1) is 11.9 Å². The van der Waals surface area contributed by atoms with Gasteiger partial charge in [0.2, 0.25) is 21.8 Å². The number of rotatable bonds is 11. The highest BCUT2D eigenvalue weighted by Crippen LogP contribution is 2.29. The number of nitrogens with zero attached hydrogens (tertiary/aromatic N) is 2. The molecule has 3 aromatic rings. The average Bonchev–Trinajstić information content (AvgIpc) is 2.87. The van der Waals surface area contributed by atoms with Crippen molar-refractivity contribution in [3.63, 3.8) is 0 Å². The molecule has 1 atom stereocenters. The number of hydrogen-bond acceptors (Lipinski definition) is 4. The molecule has 214 valence electrons. The van der Waals surface area contributed by atoms with E-state index < -0.39 is 28.5 Å². The van der Waals surface area contributed by atoms with Crippen LogP contribution in [0.15, 0.2) is 66.7 Å². The number of halogens is 2. The summed E-state index contributed by atoms with van der Waals surface area (Å²) in [6.45, 7) is 6.70. The van der Waals surface area contributed by atoms with Crippen molar-refractivity contribution in [2.45, 2.75) is 52.7 Å². The molecular formula is C30H35Cl2N3O4S. The van der Waals surface area contributed by atoms with Gasteiger partial charge in [0, 0.05) is 34.6 Å². The predicted octanol–water partition coefficient (Wildman–Crippen LogP) is 5.54. The number of carbonyl (C=O) groups excluding carboxylic acids is 2. The van der Waals surface area contributed by atoms with Crippen molar-refractivity contribution in [1.29, 1.82) is 0 Å². The Balaban J connectivity index is 2.13. The number of anilines is 1. The minimum Gasteiger partial charge on any atom is -0.352 e. The van der Waals surface area contributed by atoms with Crippen LogP contribution in [0, 0.1) is 13.8 Å². The molecule has 0 bridgehead atoms. The summed E-state index contributed by atoms with van der Waals surface area (Å²) in [4.78, 5) is 29.2. The van der Waals surface area contributed by atoms with Gasteiger partial charge in [-0.05, 0) is 62.6 Å². The largest absolute Gasteiger partial charge is 0.352 e. The lowest BCUT2D eigenvalue weighted by Crippen LogP contribution is -2.54. The number of hydrogen-bond donors (Lipinski definition) is 1. The number of benzene rings is 3. The molecule has 7 nitrogen and oxygen atoms in total. The van der Waals surface area contributed by atoms with E-state index in [1.807, 2.05) is 63.2 Å². The highest BCUT2D eigenvalue weighted by atomic mass is 35.5. The van der Waals surface area contributed by atoms with Gasteiger partial charge >= 0.3 is 0 Å². The van der Waals surface area contributed by atoms with Gasteiger partial charge in [-0.1, -0.05) is 71.7 Å². The van der Waals surface area contributed by atoms with Crippen LogP contribution >= 0.6 is 23.2 Å². The predicted molar refractivity (Wildman–Crippen MR) is 162 cm³/mol. The van der Waals surface area contributed by atoms with E-state index >= 15 is 0 Å². The Morgan fingerprint density at radius 3 is 2.12 bits per heavy atom. The highest BCUT2D eigenvalue weighted by Gasteiger charge is 2.34. The molecule has 10 heteroatoms. The molecule has 0 fully saturated rings. The van der Waals surface area contributed by atoms with Crippen molar-refractivity contribution >= 4 is 50.7 Å². The highest BCUT2D eigenvalue weighted by molar-refractivity contribution is 7.92. The summed E-state index contributed by atoms with van der Waals surface area (Å²) in [6.07, 6.45) is 1.26. The van der Waals surface area contributed by atoms with Crippen LogP contribution in [0.1, 0.15) is 36.1 Å². The lowest BCUT2D eigenvalue weighted by atomic mass is 10.0. The second-order valence-electron chi connectivity index (χ2n) is 10.2. The van der Waals surface area contributed by atoms with Crippen LogP contribution in [-0.2, 0) is 32.6 Å². The molecule has 3 aromatic carbocycles. The zero-order valence-electron chi connectivity index (χ0n) is 23.3. The fourth-order valence-electron chi connectivity index (χ4n) is 4.37. The fourth-order valence-corrected chi connectivity index (χ4v) is 5.79. The minimum atomic E-state index is -3.87. The molecule has 0 aromatic heterocycles. The Hall–Kier alpha value is -3.07. The van der Waals surface area contributed by atoms with Gasteiger partial charge in [-0.15, -0.1) is 0 Å². The van der Waals surface area contributed by atoms with E-state index in [0.29, 0.717) is 26.9 Å². The molecule has 0 unspecified atom stereocenters. The van der Waals surface area contributed by atoms with Gasteiger partial charge in [0.25, 0.3) is 0 Å². The summed E-state index contributed by atoms with van der Waals surface area (Å²) >= 11 is 13.0. The third kappa shape index (κ3) is 8.22. The molecule has 0 spiro atoms. The summed E-state index contributed by atoms with van der Waals surface area (Å²) in [5.74, 6) is -0.935. The van der Waals surface area contributed by atoms with Crippen LogP contribution in [0.3, 0.4) is 0 Å². The Bertz CT molecular complexity index is 1440. The first-order chi connectivity index (χ1) is 18.8. The first-order valence-corrected chi connectivity index (χ1v) is 15.5. The topological polar surface area (TPSA) is 86.8 Å². The number of amides is 2. The van der Waals surface area contributed by atoms with E-state index in [9.17, 15) is 18.0 Å². The summed E-state index contributed by atoms with van der Waals surface area (Å²) in [6, 6.07) is 18.6. The van der Waals surface area contributed by atoms with Crippen LogP contribution in [0.4, 0.5) is 5.69 Å². The minimum absolute atomic E-state index is 0.0925. The van der Waals surface area contributed by atoms with Gasteiger partial charge in [-0.3, -0.25) is 13.9 Å². The molecule has 0 aliphatic carbocycles. The third-order valence-corrected chi connectivity index (χ3v) is 8.24. The first-order valence-electron chi connectivity index (χ1n) is 12.9. The Labute approximate surface area is 247 Å². The molecule has 2 amide bonds. The van der Waals surface area contributed by atoms with Crippen molar-refractivity contribution in [2.24, 2.45) is 0 Å². The smallest absolute Gasteiger partial charge is 0.244 e. The van der Waals surface area contributed by atoms with E-state index in [4.69, 9.17) is 23.2 Å². The van der Waals surface area contributed by atoms with Crippen molar-refractivity contribution in [1.82, 2.24) is 10.2 Å². The molecule has 1 N–H and O–H groups in total. The van der Waals surface area contributed by atoms with E-state index in [2.05, 4.69) is 5.32 Å². The number of nitrogens with one attached hydrogen (secondary N) is 1. The lowest BCUT2D eigenvalue weighted by Gasteiger charge is -2.34. The summed E-state index contributed by atoms with van der Waals surface area (Å²) < 4.78 is 27.1. The van der Waals surface area contributed by atoms with Crippen molar-refractivity contribution in [2.75, 3.05) is 17.1 Å². The zero-order valence-corrected chi connectivity index (χ0v) is 25.6. The molecule has 40 heavy (non-hydrogen) atoms. The number of carbonyl (C=O) groups is 2. The molecule has 0 heterocycles. The number of aryl methyl sites for hydroxylation is 2. The SMILES string of the molecule is Cc1ccc(C)c(N(CC(=O)N(Cc2c(Cl)cccc2Cl)[C@@H](Cc2ccccc2)C(=O)NC(C)C)S(C)(=O)=O)c1. The maximum atomic E-state index is 14.2. The normalized spacial score (nSPS) is 12.2. The fraction of sp³-hybridized carbons (Fsp3) is 0.333. The molecule has 0 aliphatic rings. The average molecular weight is 605 g/mol. The van der Waals surface area contributed by atoms with Gasteiger partial charge in [0.15, 0.2) is 0 Å². The van der Waals surface area contributed by atoms with Crippen molar-refractivity contribution in [3.8, 4) is 0 Å². The standard InChI is InChI=1S/C30H35Cl2N3O4S/c1-20(2)33-30(37)28(17-23-10-7-6-8-11-23)34(18-24-25(31)12-9-13-26(24)32)29(36)19-35(40(5,38)39)27-16-21(3)14-15-22(27)4/h6-16,20,28H,17-19H2,1-5H3,(H,33,37)/t28-/m0/s1. The Morgan fingerprint density at radius 2 is 1.55 bits per heavy atom. The molecule has 0 radical (unpaired) electrons. The lowest BCUT2D eigenvalue weighted by molar-refractivity contribution is -0.140. The van der Waals surface area contributed by atoms with Crippen LogP contribution in [-0.4, -0.2) is 50.0 Å². The Kier molecular flexibility index (Phi) is 10.6. The van der Waals surface area contributed by atoms with E-state index in [-0.39, 0.29) is 24.9 Å². The van der Waals surface area contributed by atoms with Gasteiger partial charge in [0.1, 0.15) is 12.6 Å². The van der Waals surface area contributed by atoms with Gasteiger partial charge in [-0.25, -0.2) is 8.42 Å². The van der Waals surface area contributed by atoms with E-state index in [1.165, 1.54) is 4.90 Å². The molecule has 0 saturated heterocycles. The summed E-state index contributed by atoms with van der Waals surface area (Å²) in [5, 5.41) is 3.59. The van der Waals surface area contributed by atoms with Crippen molar-refractivity contribution < 1.29 is 18.0 Å². The van der Waals surface area contributed by atoms with Gasteiger partial charge in [-0.2, -0.15) is 0 Å². The molecular weight excluding hydrogens is 569 g/mol. The summed E-state index contributed by atoms with van der Waals surface area (Å²) in [5.41, 5.74) is 3.25. The zero-order chi connectivity index (χ0) is 29.6. The van der Waals surface area contributed by atoms with Gasteiger partial charge < -0.3 is 10.2 Å².